The topological polar surface area (TPSA) is 15.3 Å². The lowest BCUT2D eigenvalue weighted by Gasteiger charge is -2.37. The third-order valence-electron chi connectivity index (χ3n) is 5.20. The Morgan fingerprint density at radius 2 is 2.10 bits per heavy atom. The van der Waals surface area contributed by atoms with Gasteiger partial charge in [-0.3, -0.25) is 0 Å². The molecule has 116 valence electrons. The lowest BCUT2D eigenvalue weighted by Crippen LogP contribution is -2.43. The SMILES string of the molecule is CCCNC1CCCC1CN1CC(C)Cc2ccccc21. The minimum Gasteiger partial charge on any atom is -0.371 e. The van der Waals surface area contributed by atoms with Crippen molar-refractivity contribution in [3.05, 3.63) is 29.8 Å². The van der Waals surface area contributed by atoms with Gasteiger partial charge in [-0.1, -0.05) is 38.5 Å². The molecule has 2 heteroatoms. The second kappa shape index (κ2) is 6.83. The van der Waals surface area contributed by atoms with E-state index in [1.165, 1.54) is 57.4 Å². The number of para-hydroxylation sites is 1. The second-order valence-electron chi connectivity index (χ2n) is 7.09. The molecule has 0 saturated heterocycles. The molecule has 1 aromatic rings. The third kappa shape index (κ3) is 3.42. The molecule has 0 aromatic heterocycles. The van der Waals surface area contributed by atoms with Gasteiger partial charge in [0.15, 0.2) is 0 Å². The van der Waals surface area contributed by atoms with Crippen LogP contribution < -0.4 is 10.2 Å². The van der Waals surface area contributed by atoms with Crippen LogP contribution in [0, 0.1) is 11.8 Å². The summed E-state index contributed by atoms with van der Waals surface area (Å²) in [5.41, 5.74) is 3.05. The van der Waals surface area contributed by atoms with Crippen LogP contribution in [-0.2, 0) is 6.42 Å². The van der Waals surface area contributed by atoms with Crippen LogP contribution in [0.5, 0.6) is 0 Å². The fraction of sp³-hybridized carbons (Fsp3) is 0.684. The first kappa shape index (κ1) is 14.9. The maximum Gasteiger partial charge on any atom is 0.0399 e. The highest BCUT2D eigenvalue weighted by Crippen LogP contribution is 2.33. The van der Waals surface area contributed by atoms with Crippen LogP contribution in [0.15, 0.2) is 24.3 Å². The molecule has 21 heavy (non-hydrogen) atoms. The van der Waals surface area contributed by atoms with E-state index in [4.69, 9.17) is 0 Å². The zero-order chi connectivity index (χ0) is 14.7. The number of nitrogens with zero attached hydrogens (tertiary/aromatic N) is 1. The molecule has 2 nitrogen and oxygen atoms in total. The minimum absolute atomic E-state index is 0.745. The van der Waals surface area contributed by atoms with Crippen LogP contribution in [0.2, 0.25) is 0 Å². The molecule has 0 spiro atoms. The molecule has 1 saturated carbocycles. The van der Waals surface area contributed by atoms with Gasteiger partial charge < -0.3 is 10.2 Å². The first-order chi connectivity index (χ1) is 10.3. The normalized spacial score (nSPS) is 28.7. The van der Waals surface area contributed by atoms with E-state index in [2.05, 4.69) is 48.3 Å². The Bertz CT molecular complexity index is 457. The number of anilines is 1. The maximum atomic E-state index is 3.78. The smallest absolute Gasteiger partial charge is 0.0399 e. The minimum atomic E-state index is 0.745. The Labute approximate surface area is 129 Å². The van der Waals surface area contributed by atoms with Crippen molar-refractivity contribution in [2.24, 2.45) is 11.8 Å². The molecule has 3 unspecified atom stereocenters. The van der Waals surface area contributed by atoms with Crippen molar-refractivity contribution in [1.82, 2.24) is 5.32 Å². The average Bonchev–Trinajstić information content (AvgIpc) is 2.92. The van der Waals surface area contributed by atoms with Gasteiger partial charge in [-0.15, -0.1) is 0 Å². The number of hydrogen-bond donors (Lipinski definition) is 1. The summed E-state index contributed by atoms with van der Waals surface area (Å²) < 4.78 is 0. The second-order valence-corrected chi connectivity index (χ2v) is 7.09. The molecule has 1 N–H and O–H groups in total. The van der Waals surface area contributed by atoms with Crippen molar-refractivity contribution in [2.45, 2.75) is 52.0 Å². The van der Waals surface area contributed by atoms with Crippen molar-refractivity contribution in [1.29, 1.82) is 0 Å². The largest absolute Gasteiger partial charge is 0.371 e. The number of benzene rings is 1. The van der Waals surface area contributed by atoms with Crippen LogP contribution in [0.3, 0.4) is 0 Å². The van der Waals surface area contributed by atoms with Crippen LogP contribution >= 0.6 is 0 Å². The van der Waals surface area contributed by atoms with Crippen LogP contribution in [-0.4, -0.2) is 25.7 Å². The standard InChI is InChI=1S/C19H30N2/c1-3-11-20-18-9-6-8-17(18)14-21-13-15(2)12-16-7-4-5-10-19(16)21/h4-5,7,10,15,17-18,20H,3,6,8-9,11-14H2,1-2H3. The fourth-order valence-electron chi connectivity index (χ4n) is 4.22. The summed E-state index contributed by atoms with van der Waals surface area (Å²) in [5, 5.41) is 3.78. The van der Waals surface area contributed by atoms with Crippen LogP contribution in [0.25, 0.3) is 0 Å². The third-order valence-corrected chi connectivity index (χ3v) is 5.20. The van der Waals surface area contributed by atoms with E-state index < -0.39 is 0 Å². The predicted molar refractivity (Wildman–Crippen MR) is 90.9 cm³/mol. The van der Waals surface area contributed by atoms with Crippen molar-refractivity contribution in [3.63, 3.8) is 0 Å². The summed E-state index contributed by atoms with van der Waals surface area (Å²) in [6.07, 6.45) is 6.66. The van der Waals surface area contributed by atoms with Gasteiger partial charge in [0.2, 0.25) is 0 Å². The van der Waals surface area contributed by atoms with Crippen molar-refractivity contribution < 1.29 is 0 Å². The molecule has 3 rings (SSSR count). The van der Waals surface area contributed by atoms with E-state index in [9.17, 15) is 0 Å². The number of nitrogens with one attached hydrogen (secondary N) is 1. The van der Waals surface area contributed by atoms with Crippen molar-refractivity contribution in [3.8, 4) is 0 Å². The molecule has 1 aliphatic carbocycles. The lowest BCUT2D eigenvalue weighted by atomic mass is 9.92. The van der Waals surface area contributed by atoms with Gasteiger partial charge in [0.25, 0.3) is 0 Å². The van der Waals surface area contributed by atoms with Crippen LogP contribution in [0.1, 0.15) is 45.1 Å². The molecule has 1 heterocycles. The van der Waals surface area contributed by atoms with Gasteiger partial charge in [-0.2, -0.15) is 0 Å². The van der Waals surface area contributed by atoms with Crippen LogP contribution in [0.4, 0.5) is 5.69 Å². The molecule has 0 bridgehead atoms. The average molecular weight is 286 g/mol. The first-order valence-electron chi connectivity index (χ1n) is 8.84. The van der Waals surface area contributed by atoms with Gasteiger partial charge in [0.05, 0.1) is 0 Å². The predicted octanol–water partition coefficient (Wildman–Crippen LogP) is 3.85. The molecule has 1 aliphatic heterocycles. The van der Waals surface area contributed by atoms with E-state index in [0.717, 1.165) is 17.9 Å². The Balaban J connectivity index is 1.69. The van der Waals surface area contributed by atoms with E-state index in [0.29, 0.717) is 0 Å². The monoisotopic (exact) mass is 286 g/mol. The highest BCUT2D eigenvalue weighted by atomic mass is 15.1. The zero-order valence-corrected chi connectivity index (χ0v) is 13.6. The quantitative estimate of drug-likeness (QED) is 0.884. The molecular weight excluding hydrogens is 256 g/mol. The lowest BCUT2D eigenvalue weighted by molar-refractivity contribution is 0.387. The van der Waals surface area contributed by atoms with Crippen molar-refractivity contribution in [2.75, 3.05) is 24.5 Å². The Morgan fingerprint density at radius 1 is 1.24 bits per heavy atom. The molecule has 0 radical (unpaired) electrons. The van der Waals surface area contributed by atoms with Gasteiger partial charge in [0, 0.05) is 24.8 Å². The van der Waals surface area contributed by atoms with E-state index >= 15 is 0 Å². The van der Waals surface area contributed by atoms with Crippen molar-refractivity contribution >= 4 is 5.69 Å². The maximum absolute atomic E-state index is 3.78. The highest BCUT2D eigenvalue weighted by molar-refractivity contribution is 5.55. The number of hydrogen-bond acceptors (Lipinski definition) is 2. The van der Waals surface area contributed by atoms with Gasteiger partial charge in [-0.25, -0.2) is 0 Å². The molecule has 1 fully saturated rings. The zero-order valence-electron chi connectivity index (χ0n) is 13.6. The summed E-state index contributed by atoms with van der Waals surface area (Å²) in [6, 6.07) is 9.78. The Kier molecular flexibility index (Phi) is 4.84. The molecule has 1 aromatic carbocycles. The van der Waals surface area contributed by atoms with Gasteiger partial charge in [-0.05, 0) is 55.7 Å². The summed E-state index contributed by atoms with van der Waals surface area (Å²) in [6.45, 7) is 8.30. The van der Waals surface area contributed by atoms with E-state index in [-0.39, 0.29) is 0 Å². The highest BCUT2D eigenvalue weighted by Gasteiger charge is 2.30. The first-order valence-corrected chi connectivity index (χ1v) is 8.84. The fourth-order valence-corrected chi connectivity index (χ4v) is 4.22. The summed E-state index contributed by atoms with van der Waals surface area (Å²) >= 11 is 0. The summed E-state index contributed by atoms with van der Waals surface area (Å²) in [7, 11) is 0. The summed E-state index contributed by atoms with van der Waals surface area (Å²) in [5.74, 6) is 1.61. The molecular formula is C19H30N2. The number of fused-ring (bicyclic) bond motifs is 1. The summed E-state index contributed by atoms with van der Waals surface area (Å²) in [4.78, 5) is 2.67. The van der Waals surface area contributed by atoms with E-state index in [1.54, 1.807) is 5.56 Å². The van der Waals surface area contributed by atoms with Gasteiger partial charge in [0.1, 0.15) is 0 Å². The molecule has 0 amide bonds. The molecule has 3 atom stereocenters. The van der Waals surface area contributed by atoms with Gasteiger partial charge >= 0.3 is 0 Å². The van der Waals surface area contributed by atoms with E-state index in [1.807, 2.05) is 0 Å². The Hall–Kier alpha value is -1.02. The molecule has 2 aliphatic rings. The number of rotatable bonds is 5. The Morgan fingerprint density at radius 3 is 2.95 bits per heavy atom.